The molecule has 0 aliphatic rings. The number of benzene rings is 1. The van der Waals surface area contributed by atoms with Crippen molar-refractivity contribution in [3.63, 3.8) is 0 Å². The monoisotopic (exact) mass is 245 g/mol. The van der Waals surface area contributed by atoms with E-state index < -0.39 is 0 Å². The summed E-state index contributed by atoms with van der Waals surface area (Å²) in [6.45, 7) is 3.71. The molecular formula is C14H16FN3. The third kappa shape index (κ3) is 2.55. The van der Waals surface area contributed by atoms with E-state index in [1.54, 1.807) is 19.2 Å². The number of aromatic nitrogens is 1. The molecule has 4 heteroatoms. The number of nitrogens with one attached hydrogen (secondary N) is 1. The van der Waals surface area contributed by atoms with Crippen LogP contribution in [-0.2, 0) is 0 Å². The quantitative estimate of drug-likeness (QED) is 0.645. The van der Waals surface area contributed by atoms with Crippen LogP contribution in [0.25, 0.3) is 0 Å². The fraction of sp³-hybridized carbons (Fsp3) is 0.214. The van der Waals surface area contributed by atoms with Crippen molar-refractivity contribution in [1.82, 2.24) is 10.4 Å². The van der Waals surface area contributed by atoms with Crippen LogP contribution < -0.4 is 11.3 Å². The molecule has 1 heterocycles. The molecule has 0 radical (unpaired) electrons. The molecular weight excluding hydrogens is 229 g/mol. The van der Waals surface area contributed by atoms with E-state index in [1.807, 2.05) is 25.1 Å². The summed E-state index contributed by atoms with van der Waals surface area (Å²) in [6, 6.07) is 8.62. The maximum atomic E-state index is 13.6. The van der Waals surface area contributed by atoms with Gasteiger partial charge in [-0.25, -0.2) is 9.82 Å². The molecule has 0 bridgehead atoms. The normalized spacial score (nSPS) is 12.4. The number of hydrogen-bond donors (Lipinski definition) is 2. The molecule has 94 valence electrons. The van der Waals surface area contributed by atoms with Crippen molar-refractivity contribution in [2.24, 2.45) is 5.84 Å². The highest BCUT2D eigenvalue weighted by Crippen LogP contribution is 2.22. The summed E-state index contributed by atoms with van der Waals surface area (Å²) < 4.78 is 13.6. The van der Waals surface area contributed by atoms with Crippen molar-refractivity contribution in [3.05, 3.63) is 64.7 Å². The average Bonchev–Trinajstić information content (AvgIpc) is 2.35. The fourth-order valence-corrected chi connectivity index (χ4v) is 1.86. The van der Waals surface area contributed by atoms with Gasteiger partial charge in [0.1, 0.15) is 5.82 Å². The first-order valence-corrected chi connectivity index (χ1v) is 5.76. The second kappa shape index (κ2) is 5.25. The van der Waals surface area contributed by atoms with Crippen molar-refractivity contribution in [3.8, 4) is 0 Å². The summed E-state index contributed by atoms with van der Waals surface area (Å²) in [5.41, 5.74) is 5.93. The molecule has 1 aromatic heterocycles. The molecule has 0 fully saturated rings. The Morgan fingerprint density at radius 3 is 2.61 bits per heavy atom. The van der Waals surface area contributed by atoms with Crippen LogP contribution in [0.5, 0.6) is 0 Å². The first-order chi connectivity index (χ1) is 8.61. The zero-order valence-corrected chi connectivity index (χ0v) is 10.4. The van der Waals surface area contributed by atoms with Crippen LogP contribution >= 0.6 is 0 Å². The van der Waals surface area contributed by atoms with Crippen LogP contribution in [-0.4, -0.2) is 4.98 Å². The van der Waals surface area contributed by atoms with E-state index >= 15 is 0 Å². The van der Waals surface area contributed by atoms with Gasteiger partial charge in [0.05, 0.1) is 11.7 Å². The van der Waals surface area contributed by atoms with E-state index in [2.05, 4.69) is 10.4 Å². The topological polar surface area (TPSA) is 50.9 Å². The molecule has 0 aliphatic heterocycles. The third-order valence-electron chi connectivity index (χ3n) is 2.93. The Labute approximate surface area is 106 Å². The Morgan fingerprint density at radius 2 is 2.00 bits per heavy atom. The zero-order valence-electron chi connectivity index (χ0n) is 10.4. The van der Waals surface area contributed by atoms with Gasteiger partial charge in [0, 0.05) is 6.20 Å². The van der Waals surface area contributed by atoms with E-state index in [0.29, 0.717) is 5.56 Å². The van der Waals surface area contributed by atoms with Crippen LogP contribution in [0, 0.1) is 19.7 Å². The Bertz CT molecular complexity index is 554. The van der Waals surface area contributed by atoms with Crippen molar-refractivity contribution in [2.75, 3.05) is 0 Å². The van der Waals surface area contributed by atoms with E-state index in [4.69, 9.17) is 5.84 Å². The minimum atomic E-state index is -0.306. The highest BCUT2D eigenvalue weighted by Gasteiger charge is 2.15. The minimum Gasteiger partial charge on any atom is -0.271 e. The second-order valence-corrected chi connectivity index (χ2v) is 4.37. The first kappa shape index (κ1) is 12.7. The predicted octanol–water partition coefficient (Wildman–Crippen LogP) is 2.39. The largest absolute Gasteiger partial charge is 0.271 e. The number of nitrogens with two attached hydrogens (primary N) is 1. The molecule has 1 aromatic carbocycles. The Morgan fingerprint density at radius 1 is 1.22 bits per heavy atom. The van der Waals surface area contributed by atoms with Crippen molar-refractivity contribution >= 4 is 0 Å². The van der Waals surface area contributed by atoms with Gasteiger partial charge in [-0.2, -0.15) is 0 Å². The van der Waals surface area contributed by atoms with Crippen LogP contribution in [0.1, 0.15) is 28.4 Å². The van der Waals surface area contributed by atoms with Crippen LogP contribution in [0.3, 0.4) is 0 Å². The van der Waals surface area contributed by atoms with Gasteiger partial charge in [-0.3, -0.25) is 10.8 Å². The number of hydrogen-bond acceptors (Lipinski definition) is 3. The van der Waals surface area contributed by atoms with Gasteiger partial charge in [0.25, 0.3) is 0 Å². The SMILES string of the molecule is Cc1ccnc(C(NN)c2ccc(C)c(F)c2)c1. The predicted molar refractivity (Wildman–Crippen MR) is 69.3 cm³/mol. The summed E-state index contributed by atoms with van der Waals surface area (Å²) in [5.74, 6) is 5.33. The molecule has 3 nitrogen and oxygen atoms in total. The van der Waals surface area contributed by atoms with E-state index in [-0.39, 0.29) is 11.9 Å². The maximum Gasteiger partial charge on any atom is 0.126 e. The maximum absolute atomic E-state index is 13.6. The molecule has 0 amide bonds. The standard InChI is InChI=1S/C14H16FN3/c1-9-5-6-17-13(7-9)14(18-16)11-4-3-10(2)12(15)8-11/h3-8,14,18H,16H2,1-2H3. The van der Waals surface area contributed by atoms with Crippen molar-refractivity contribution in [1.29, 1.82) is 0 Å². The highest BCUT2D eigenvalue weighted by molar-refractivity contribution is 5.32. The molecule has 2 aromatic rings. The van der Waals surface area contributed by atoms with Gasteiger partial charge in [-0.1, -0.05) is 12.1 Å². The van der Waals surface area contributed by atoms with Gasteiger partial charge < -0.3 is 0 Å². The number of halogens is 1. The molecule has 0 aliphatic carbocycles. The van der Waals surface area contributed by atoms with Crippen LogP contribution in [0.2, 0.25) is 0 Å². The van der Waals surface area contributed by atoms with Gasteiger partial charge in [-0.05, 0) is 48.7 Å². The van der Waals surface area contributed by atoms with E-state index in [9.17, 15) is 4.39 Å². The lowest BCUT2D eigenvalue weighted by molar-refractivity contribution is 0.592. The Hall–Kier alpha value is -1.78. The van der Waals surface area contributed by atoms with Crippen molar-refractivity contribution in [2.45, 2.75) is 19.9 Å². The molecule has 3 N–H and O–H groups in total. The molecule has 1 atom stereocenters. The number of hydrazine groups is 1. The molecule has 2 rings (SSSR count). The summed E-state index contributed by atoms with van der Waals surface area (Å²) in [6.07, 6.45) is 1.72. The second-order valence-electron chi connectivity index (χ2n) is 4.37. The number of nitrogens with zero attached hydrogens (tertiary/aromatic N) is 1. The molecule has 0 spiro atoms. The highest BCUT2D eigenvalue weighted by atomic mass is 19.1. The third-order valence-corrected chi connectivity index (χ3v) is 2.93. The number of aryl methyl sites for hydroxylation is 2. The Balaban J connectivity index is 2.42. The molecule has 0 saturated carbocycles. The minimum absolute atomic E-state index is 0.236. The zero-order chi connectivity index (χ0) is 13.1. The summed E-state index contributed by atoms with van der Waals surface area (Å²) in [4.78, 5) is 4.27. The lowest BCUT2D eigenvalue weighted by Crippen LogP contribution is -2.29. The van der Waals surface area contributed by atoms with Crippen molar-refractivity contribution < 1.29 is 4.39 Å². The lowest BCUT2D eigenvalue weighted by atomic mass is 10.0. The molecule has 1 unspecified atom stereocenters. The fourth-order valence-electron chi connectivity index (χ4n) is 1.86. The average molecular weight is 245 g/mol. The number of pyridine rings is 1. The smallest absolute Gasteiger partial charge is 0.126 e. The summed E-state index contributed by atoms with van der Waals surface area (Å²) in [7, 11) is 0. The molecule has 18 heavy (non-hydrogen) atoms. The summed E-state index contributed by atoms with van der Waals surface area (Å²) >= 11 is 0. The van der Waals surface area contributed by atoms with Gasteiger partial charge >= 0.3 is 0 Å². The van der Waals surface area contributed by atoms with Gasteiger partial charge in [0.15, 0.2) is 0 Å². The number of rotatable bonds is 3. The Kier molecular flexibility index (Phi) is 3.69. The first-order valence-electron chi connectivity index (χ1n) is 5.76. The van der Waals surface area contributed by atoms with Crippen LogP contribution in [0.4, 0.5) is 4.39 Å². The lowest BCUT2D eigenvalue weighted by Gasteiger charge is -2.16. The van der Waals surface area contributed by atoms with Gasteiger partial charge in [0.2, 0.25) is 0 Å². The van der Waals surface area contributed by atoms with Crippen LogP contribution in [0.15, 0.2) is 36.5 Å². The molecule has 0 saturated heterocycles. The van der Waals surface area contributed by atoms with E-state index in [1.165, 1.54) is 6.07 Å². The summed E-state index contributed by atoms with van der Waals surface area (Å²) in [5, 5.41) is 0. The van der Waals surface area contributed by atoms with E-state index in [0.717, 1.165) is 16.8 Å². The van der Waals surface area contributed by atoms with Gasteiger partial charge in [-0.15, -0.1) is 0 Å².